The minimum atomic E-state index is -0.883. The second kappa shape index (κ2) is 27.4. The number of allylic oxidation sites excluding steroid dienone is 4. The summed E-state index contributed by atoms with van der Waals surface area (Å²) in [7, 11) is 5.49. The summed E-state index contributed by atoms with van der Waals surface area (Å²) >= 11 is 0. The molecule has 0 aliphatic carbocycles. The fourth-order valence-corrected chi connectivity index (χ4v) is 4.60. The number of likely N-dealkylation sites (N-methyl/N-ethyl adjacent to an activating group) is 1. The van der Waals surface area contributed by atoms with E-state index in [0.29, 0.717) is 25.7 Å². The van der Waals surface area contributed by atoms with E-state index in [1.54, 1.807) is 0 Å². The Morgan fingerprint density at radius 3 is 1.79 bits per heavy atom. The van der Waals surface area contributed by atoms with E-state index in [1.165, 1.54) is 38.5 Å². The van der Waals surface area contributed by atoms with Gasteiger partial charge in [-0.3, -0.25) is 9.59 Å². The van der Waals surface area contributed by atoms with Gasteiger partial charge in [0.1, 0.15) is 6.61 Å². The zero-order valence-electron chi connectivity index (χ0n) is 28.2. The largest absolute Gasteiger partial charge is 0.477 e. The average Bonchev–Trinajstić information content (AvgIpc) is 2.94. The molecule has 0 fully saturated rings. The quantitative estimate of drug-likeness (QED) is 0.0399. The molecular formula is C35H64NO7+. The summed E-state index contributed by atoms with van der Waals surface area (Å²) in [6, 6.07) is -0.615. The summed E-state index contributed by atoms with van der Waals surface area (Å²) in [6.07, 6.45) is 25.2. The molecule has 0 amide bonds. The Balaban J connectivity index is 4.55. The molecule has 0 saturated carbocycles. The van der Waals surface area contributed by atoms with Crippen LogP contribution in [0.25, 0.3) is 0 Å². The van der Waals surface area contributed by atoms with Gasteiger partial charge >= 0.3 is 17.9 Å². The number of ether oxygens (including phenoxy) is 3. The number of unbranched alkanes of at least 4 members (excludes halogenated alkanes) is 11. The third-order valence-corrected chi connectivity index (χ3v) is 7.32. The smallest absolute Gasteiger partial charge is 0.362 e. The van der Waals surface area contributed by atoms with Crippen LogP contribution in [0.4, 0.5) is 0 Å². The molecule has 0 radical (unpaired) electrons. The van der Waals surface area contributed by atoms with E-state index in [2.05, 4.69) is 38.2 Å². The maximum Gasteiger partial charge on any atom is 0.362 e. The molecule has 8 nitrogen and oxygen atoms in total. The molecule has 0 saturated heterocycles. The number of nitrogens with zero attached hydrogens (tertiary/aromatic N) is 1. The average molecular weight is 611 g/mol. The first-order chi connectivity index (χ1) is 20.6. The first kappa shape index (κ1) is 40.8. The molecule has 0 aliphatic heterocycles. The standard InChI is InChI=1S/C35H63NO7/c1-6-8-10-12-14-16-18-20-22-24-26-34(38)43-31(29-41-28-27-32(35(39)40)36(3,4)5)30-42-33(37)25-23-21-19-17-15-13-11-9-7-2/h12,14,17,19,31-32H,6-11,13,15-16,18,20-30H2,1-5H3/p+1/b14-12+,19-17+. The first-order valence-corrected chi connectivity index (χ1v) is 16.9. The van der Waals surface area contributed by atoms with E-state index < -0.39 is 18.1 Å². The Morgan fingerprint density at radius 2 is 1.21 bits per heavy atom. The minimum Gasteiger partial charge on any atom is -0.477 e. The third-order valence-electron chi connectivity index (χ3n) is 7.32. The van der Waals surface area contributed by atoms with Crippen molar-refractivity contribution < 1.29 is 38.2 Å². The van der Waals surface area contributed by atoms with E-state index in [1.807, 2.05) is 21.1 Å². The fourth-order valence-electron chi connectivity index (χ4n) is 4.60. The van der Waals surface area contributed by atoms with Gasteiger partial charge in [0, 0.05) is 19.3 Å². The van der Waals surface area contributed by atoms with Crippen molar-refractivity contribution in [1.29, 1.82) is 0 Å². The summed E-state index contributed by atoms with van der Waals surface area (Å²) in [5.41, 5.74) is 0. The van der Waals surface area contributed by atoms with Gasteiger partial charge in [-0.05, 0) is 51.4 Å². The molecule has 43 heavy (non-hydrogen) atoms. The Bertz CT molecular complexity index is 773. The van der Waals surface area contributed by atoms with Crippen LogP contribution in [0.3, 0.4) is 0 Å². The van der Waals surface area contributed by atoms with Gasteiger partial charge in [0.05, 0.1) is 34.4 Å². The van der Waals surface area contributed by atoms with Gasteiger partial charge < -0.3 is 23.8 Å². The molecule has 2 unspecified atom stereocenters. The molecule has 0 aromatic rings. The normalized spacial score (nSPS) is 13.4. The number of aliphatic carboxylic acids is 1. The molecule has 1 N–H and O–H groups in total. The number of hydrogen-bond donors (Lipinski definition) is 1. The van der Waals surface area contributed by atoms with Crippen molar-refractivity contribution in [2.75, 3.05) is 41.0 Å². The minimum absolute atomic E-state index is 0.0492. The van der Waals surface area contributed by atoms with Gasteiger partial charge in [-0.1, -0.05) is 83.1 Å². The molecule has 2 atom stereocenters. The molecule has 8 heteroatoms. The molecule has 0 rings (SSSR count). The van der Waals surface area contributed by atoms with E-state index in [0.717, 1.165) is 51.4 Å². The SMILES string of the molecule is CCCC/C=C/CCCCCCC(=O)OC(COCCC(C(=O)O)[N+](C)(C)C)COC(=O)CCC/C=C/CCCCCC. The Hall–Kier alpha value is -2.19. The van der Waals surface area contributed by atoms with Gasteiger partial charge in [0.25, 0.3) is 0 Å². The first-order valence-electron chi connectivity index (χ1n) is 16.9. The predicted molar refractivity (Wildman–Crippen MR) is 174 cm³/mol. The summed E-state index contributed by atoms with van der Waals surface area (Å²) in [6.45, 7) is 4.58. The van der Waals surface area contributed by atoms with Crippen LogP contribution in [0.5, 0.6) is 0 Å². The van der Waals surface area contributed by atoms with Crippen molar-refractivity contribution in [3.63, 3.8) is 0 Å². The number of carbonyl (C=O) groups excluding carboxylic acids is 2. The number of quaternary nitrogens is 1. The highest BCUT2D eigenvalue weighted by Crippen LogP contribution is 2.11. The van der Waals surface area contributed by atoms with Crippen molar-refractivity contribution >= 4 is 17.9 Å². The highest BCUT2D eigenvalue weighted by atomic mass is 16.6. The van der Waals surface area contributed by atoms with Crippen LogP contribution in [0.1, 0.15) is 129 Å². The number of hydrogen-bond acceptors (Lipinski definition) is 6. The molecule has 0 heterocycles. The molecule has 250 valence electrons. The topological polar surface area (TPSA) is 99.1 Å². The lowest BCUT2D eigenvalue weighted by molar-refractivity contribution is -0.887. The zero-order valence-corrected chi connectivity index (χ0v) is 28.2. The van der Waals surface area contributed by atoms with Crippen molar-refractivity contribution in [3.05, 3.63) is 24.3 Å². The maximum atomic E-state index is 12.5. The Morgan fingerprint density at radius 1 is 0.674 bits per heavy atom. The van der Waals surface area contributed by atoms with E-state index in [9.17, 15) is 19.5 Å². The lowest BCUT2D eigenvalue weighted by Crippen LogP contribution is -2.50. The number of carboxylic acid groups (broad SMARTS) is 1. The molecular weight excluding hydrogens is 546 g/mol. The van der Waals surface area contributed by atoms with Gasteiger partial charge in [-0.2, -0.15) is 0 Å². The van der Waals surface area contributed by atoms with Crippen LogP contribution in [-0.4, -0.2) is 80.6 Å². The second-order valence-corrected chi connectivity index (χ2v) is 12.4. The Kier molecular flexibility index (Phi) is 26.0. The number of esters is 2. The third kappa shape index (κ3) is 26.0. The van der Waals surface area contributed by atoms with Crippen molar-refractivity contribution in [2.45, 2.75) is 142 Å². The lowest BCUT2D eigenvalue weighted by atomic mass is 10.1. The van der Waals surface area contributed by atoms with Gasteiger partial charge in [0.2, 0.25) is 0 Å². The summed E-state index contributed by atoms with van der Waals surface area (Å²) in [5, 5.41) is 9.53. The van der Waals surface area contributed by atoms with Crippen LogP contribution in [0.2, 0.25) is 0 Å². The van der Waals surface area contributed by atoms with E-state index >= 15 is 0 Å². The monoisotopic (exact) mass is 610 g/mol. The van der Waals surface area contributed by atoms with Gasteiger partial charge in [-0.15, -0.1) is 0 Å². The summed E-state index contributed by atoms with van der Waals surface area (Å²) < 4.78 is 17.0. The molecule has 0 bridgehead atoms. The zero-order chi connectivity index (χ0) is 32.2. The number of rotatable bonds is 29. The lowest BCUT2D eigenvalue weighted by Gasteiger charge is -2.31. The van der Waals surface area contributed by atoms with Crippen LogP contribution in [0.15, 0.2) is 24.3 Å². The number of carboxylic acids is 1. The molecule has 0 aliphatic rings. The van der Waals surface area contributed by atoms with E-state index in [4.69, 9.17) is 14.2 Å². The highest BCUT2D eigenvalue weighted by molar-refractivity contribution is 5.72. The highest BCUT2D eigenvalue weighted by Gasteiger charge is 2.31. The van der Waals surface area contributed by atoms with Crippen LogP contribution in [0, 0.1) is 0 Å². The second-order valence-electron chi connectivity index (χ2n) is 12.4. The van der Waals surface area contributed by atoms with Crippen molar-refractivity contribution in [2.24, 2.45) is 0 Å². The Labute approximate surface area is 262 Å². The molecule has 0 spiro atoms. The maximum absolute atomic E-state index is 12.5. The summed E-state index contributed by atoms with van der Waals surface area (Å²) in [4.78, 5) is 36.5. The predicted octanol–water partition coefficient (Wildman–Crippen LogP) is 7.79. The van der Waals surface area contributed by atoms with Crippen molar-refractivity contribution in [3.8, 4) is 0 Å². The van der Waals surface area contributed by atoms with Crippen LogP contribution < -0.4 is 0 Å². The van der Waals surface area contributed by atoms with Gasteiger partial charge in [-0.25, -0.2) is 4.79 Å². The number of carbonyl (C=O) groups is 3. The van der Waals surface area contributed by atoms with E-state index in [-0.39, 0.29) is 36.2 Å². The fraction of sp³-hybridized carbons (Fsp3) is 0.800. The van der Waals surface area contributed by atoms with Crippen LogP contribution in [-0.2, 0) is 28.6 Å². The van der Waals surface area contributed by atoms with Gasteiger partial charge in [0.15, 0.2) is 12.1 Å². The van der Waals surface area contributed by atoms with Crippen LogP contribution >= 0.6 is 0 Å². The van der Waals surface area contributed by atoms with Crippen molar-refractivity contribution in [1.82, 2.24) is 0 Å². The molecule has 0 aromatic carbocycles. The molecule has 0 aromatic heterocycles. The summed E-state index contributed by atoms with van der Waals surface area (Å²) in [5.74, 6) is -1.54.